The number of nitrogen functional groups attached to an aromatic ring is 1. The second-order valence-corrected chi connectivity index (χ2v) is 8.42. The molecule has 18 heavy (non-hydrogen) atoms. The summed E-state index contributed by atoms with van der Waals surface area (Å²) in [6.45, 7) is 5.11. The van der Waals surface area contributed by atoms with Crippen LogP contribution in [-0.4, -0.2) is 46.1 Å². The van der Waals surface area contributed by atoms with Crippen LogP contribution in [0.15, 0.2) is 11.1 Å². The third kappa shape index (κ3) is 2.50. The topological polar surface area (TPSA) is 81.2 Å². The molecular formula is C10H18N4O2S2. The van der Waals surface area contributed by atoms with E-state index in [0.717, 1.165) is 0 Å². The monoisotopic (exact) mass is 290 g/mol. The van der Waals surface area contributed by atoms with Crippen LogP contribution in [0.3, 0.4) is 0 Å². The van der Waals surface area contributed by atoms with Crippen molar-refractivity contribution < 1.29 is 8.42 Å². The molecule has 0 aliphatic carbocycles. The number of anilines is 1. The number of hydrogen-bond donors (Lipinski definition) is 1. The van der Waals surface area contributed by atoms with Gasteiger partial charge in [0.25, 0.3) is 0 Å². The maximum atomic E-state index is 12.5. The van der Waals surface area contributed by atoms with Crippen LogP contribution in [-0.2, 0) is 17.1 Å². The number of nitrogens with zero attached hydrogens (tertiary/aromatic N) is 3. The lowest BCUT2D eigenvalue weighted by Crippen LogP contribution is -2.44. The summed E-state index contributed by atoms with van der Waals surface area (Å²) >= 11 is 1.81. The molecule has 1 aromatic rings. The lowest BCUT2D eigenvalue weighted by atomic mass is 10.4. The molecule has 2 rings (SSSR count). The zero-order valence-electron chi connectivity index (χ0n) is 10.7. The largest absolute Gasteiger partial charge is 0.381 e. The number of aryl methyl sites for hydroxylation is 1. The number of hydrogen-bond acceptors (Lipinski definition) is 5. The third-order valence-corrected chi connectivity index (χ3v) is 5.90. The Labute approximate surface area is 112 Å². The fraction of sp³-hybridized carbons (Fsp3) is 0.700. The predicted molar refractivity (Wildman–Crippen MR) is 72.9 cm³/mol. The molecule has 0 radical (unpaired) electrons. The van der Waals surface area contributed by atoms with E-state index in [-0.39, 0.29) is 10.7 Å². The Balaban J connectivity index is 2.34. The van der Waals surface area contributed by atoms with Gasteiger partial charge in [-0.1, -0.05) is 13.8 Å². The van der Waals surface area contributed by atoms with Crippen molar-refractivity contribution in [2.75, 3.05) is 18.8 Å². The Morgan fingerprint density at radius 1 is 1.39 bits per heavy atom. The maximum absolute atomic E-state index is 12.5. The molecule has 102 valence electrons. The lowest BCUT2D eigenvalue weighted by Gasteiger charge is -2.33. The summed E-state index contributed by atoms with van der Waals surface area (Å²) in [5.41, 5.74) is 5.66. The molecule has 0 aromatic carbocycles. The summed E-state index contributed by atoms with van der Waals surface area (Å²) in [6.07, 6.45) is 1.46. The molecule has 1 aliphatic rings. The highest BCUT2D eigenvalue weighted by Gasteiger charge is 2.34. The van der Waals surface area contributed by atoms with Crippen LogP contribution >= 0.6 is 11.8 Å². The van der Waals surface area contributed by atoms with E-state index in [4.69, 9.17) is 5.73 Å². The first-order chi connectivity index (χ1) is 8.30. The molecule has 8 heteroatoms. The van der Waals surface area contributed by atoms with E-state index >= 15 is 0 Å². The van der Waals surface area contributed by atoms with Gasteiger partial charge in [0.2, 0.25) is 10.0 Å². The highest BCUT2D eigenvalue weighted by molar-refractivity contribution is 8.00. The van der Waals surface area contributed by atoms with E-state index in [1.54, 1.807) is 7.05 Å². The van der Waals surface area contributed by atoms with Crippen molar-refractivity contribution >= 4 is 27.6 Å². The van der Waals surface area contributed by atoms with Gasteiger partial charge in [0.15, 0.2) is 5.82 Å². The molecule has 1 fully saturated rings. The van der Waals surface area contributed by atoms with Gasteiger partial charge >= 0.3 is 0 Å². The molecule has 2 heterocycles. The molecular weight excluding hydrogens is 272 g/mol. The molecule has 2 unspecified atom stereocenters. The standard InChI is InChI=1S/C10H18N4O2S2/c1-7-4-14(5-8(2)17-7)18(15,16)9-6-13(3)12-10(9)11/h6-8H,4-5H2,1-3H3,(H2,11,12). The average Bonchev–Trinajstić information content (AvgIpc) is 2.57. The summed E-state index contributed by atoms with van der Waals surface area (Å²) < 4.78 is 27.9. The highest BCUT2D eigenvalue weighted by Crippen LogP contribution is 2.30. The van der Waals surface area contributed by atoms with Gasteiger partial charge in [-0.3, -0.25) is 4.68 Å². The number of sulfonamides is 1. The van der Waals surface area contributed by atoms with Gasteiger partial charge < -0.3 is 5.73 Å². The van der Waals surface area contributed by atoms with Crippen LogP contribution in [0.5, 0.6) is 0 Å². The molecule has 0 spiro atoms. The summed E-state index contributed by atoms with van der Waals surface area (Å²) in [6, 6.07) is 0. The van der Waals surface area contributed by atoms with Gasteiger partial charge in [-0.2, -0.15) is 21.2 Å². The Morgan fingerprint density at radius 3 is 2.39 bits per heavy atom. The van der Waals surface area contributed by atoms with E-state index in [2.05, 4.69) is 5.10 Å². The Bertz CT molecular complexity index is 530. The minimum absolute atomic E-state index is 0.0658. The van der Waals surface area contributed by atoms with Crippen molar-refractivity contribution in [3.8, 4) is 0 Å². The first-order valence-electron chi connectivity index (χ1n) is 5.75. The molecule has 0 saturated carbocycles. The zero-order valence-corrected chi connectivity index (χ0v) is 12.3. The van der Waals surface area contributed by atoms with E-state index in [9.17, 15) is 8.42 Å². The summed E-state index contributed by atoms with van der Waals surface area (Å²) in [5.74, 6) is 0.0658. The smallest absolute Gasteiger partial charge is 0.248 e. The van der Waals surface area contributed by atoms with Crippen molar-refractivity contribution in [1.82, 2.24) is 14.1 Å². The fourth-order valence-corrected chi connectivity index (χ4v) is 5.37. The zero-order chi connectivity index (χ0) is 13.5. The Morgan fingerprint density at radius 2 is 1.94 bits per heavy atom. The number of aromatic nitrogens is 2. The van der Waals surface area contributed by atoms with Crippen LogP contribution in [0, 0.1) is 0 Å². The maximum Gasteiger partial charge on any atom is 0.248 e. The van der Waals surface area contributed by atoms with Crippen molar-refractivity contribution in [3.05, 3.63) is 6.20 Å². The van der Waals surface area contributed by atoms with Gasteiger partial charge in [-0.15, -0.1) is 0 Å². The van der Waals surface area contributed by atoms with E-state index in [1.807, 2.05) is 25.6 Å². The third-order valence-electron chi connectivity index (χ3n) is 2.83. The molecule has 1 saturated heterocycles. The molecule has 2 N–H and O–H groups in total. The van der Waals surface area contributed by atoms with Crippen molar-refractivity contribution in [2.45, 2.75) is 29.2 Å². The van der Waals surface area contributed by atoms with Gasteiger partial charge in [-0.25, -0.2) is 8.42 Å². The molecule has 1 aliphatic heterocycles. The second kappa shape index (κ2) is 4.75. The Kier molecular flexibility index (Phi) is 3.61. The van der Waals surface area contributed by atoms with Gasteiger partial charge in [-0.05, 0) is 0 Å². The summed E-state index contributed by atoms with van der Waals surface area (Å²) in [7, 11) is -1.87. The average molecular weight is 290 g/mol. The van der Waals surface area contributed by atoms with Crippen LogP contribution in [0.25, 0.3) is 0 Å². The number of thioether (sulfide) groups is 1. The van der Waals surface area contributed by atoms with E-state index in [1.165, 1.54) is 15.2 Å². The van der Waals surface area contributed by atoms with Gasteiger partial charge in [0.1, 0.15) is 4.90 Å². The quantitative estimate of drug-likeness (QED) is 0.858. The predicted octanol–water partition coefficient (Wildman–Crippen LogP) is 0.517. The normalized spacial score (nSPS) is 26.4. The van der Waals surface area contributed by atoms with Crippen LogP contribution in [0.4, 0.5) is 5.82 Å². The van der Waals surface area contributed by atoms with E-state index < -0.39 is 10.0 Å². The van der Waals surface area contributed by atoms with Crippen LogP contribution in [0.1, 0.15) is 13.8 Å². The minimum Gasteiger partial charge on any atom is -0.381 e. The summed E-state index contributed by atoms with van der Waals surface area (Å²) in [5, 5.41) is 4.48. The van der Waals surface area contributed by atoms with Gasteiger partial charge in [0, 0.05) is 36.8 Å². The van der Waals surface area contributed by atoms with Gasteiger partial charge in [0.05, 0.1) is 0 Å². The van der Waals surface area contributed by atoms with Crippen molar-refractivity contribution in [1.29, 1.82) is 0 Å². The fourth-order valence-electron chi connectivity index (χ4n) is 2.15. The highest BCUT2D eigenvalue weighted by atomic mass is 32.2. The van der Waals surface area contributed by atoms with Crippen molar-refractivity contribution in [3.63, 3.8) is 0 Å². The minimum atomic E-state index is -3.53. The molecule has 0 amide bonds. The summed E-state index contributed by atoms with van der Waals surface area (Å²) in [4.78, 5) is 0.108. The SMILES string of the molecule is CC1CN(S(=O)(=O)c2cn(C)nc2N)CC(C)S1. The number of nitrogens with two attached hydrogens (primary N) is 1. The molecule has 6 nitrogen and oxygen atoms in total. The van der Waals surface area contributed by atoms with E-state index in [0.29, 0.717) is 23.6 Å². The van der Waals surface area contributed by atoms with Crippen LogP contribution < -0.4 is 5.73 Å². The molecule has 2 atom stereocenters. The van der Waals surface area contributed by atoms with Crippen LogP contribution in [0.2, 0.25) is 0 Å². The second-order valence-electron chi connectivity index (χ2n) is 4.63. The lowest BCUT2D eigenvalue weighted by molar-refractivity contribution is 0.405. The first kappa shape index (κ1) is 13.7. The Hall–Kier alpha value is -0.730. The molecule has 1 aromatic heterocycles. The molecule has 0 bridgehead atoms. The van der Waals surface area contributed by atoms with Crippen molar-refractivity contribution in [2.24, 2.45) is 7.05 Å². The number of rotatable bonds is 2. The first-order valence-corrected chi connectivity index (χ1v) is 8.13.